The Bertz CT molecular complexity index is 420. The Kier molecular flexibility index (Phi) is 7.77. The predicted octanol–water partition coefficient (Wildman–Crippen LogP) is 0.229. The second-order valence-electron chi connectivity index (χ2n) is 3.65. The Balaban J connectivity index is 0.00000289. The molecule has 0 amide bonds. The van der Waals surface area contributed by atoms with E-state index in [-0.39, 0.29) is 63.7 Å². The van der Waals surface area contributed by atoms with Crippen molar-refractivity contribution in [1.82, 2.24) is 0 Å². The minimum Gasteiger partial charge on any atom is -0.492 e. The molecule has 0 atom stereocenters. The molecule has 0 N–H and O–H groups in total. The molecule has 0 spiro atoms. The topological polar surface area (TPSA) is 9.23 Å². The van der Waals surface area contributed by atoms with E-state index in [9.17, 15) is 17.3 Å². The summed E-state index contributed by atoms with van der Waals surface area (Å²) in [5, 5.41) is 0. The molecule has 1 rings (SSSR count). The molecule has 0 aromatic heterocycles. The molecule has 0 aliphatic heterocycles. The van der Waals surface area contributed by atoms with Crippen molar-refractivity contribution in [1.29, 1.82) is 0 Å². The number of hydrogen-bond donors (Lipinski definition) is 0. The number of benzene rings is 1. The van der Waals surface area contributed by atoms with Gasteiger partial charge >= 0.3 is 58.4 Å². The fourth-order valence-corrected chi connectivity index (χ4v) is 1.19. The molecular weight excluding hydrogens is 274 g/mol. The Labute approximate surface area is 146 Å². The predicted molar refractivity (Wildman–Crippen MR) is 60.0 cm³/mol. The van der Waals surface area contributed by atoms with Crippen molar-refractivity contribution < 1.29 is 73.5 Å². The van der Waals surface area contributed by atoms with Gasteiger partial charge in [-0.25, -0.2) is 4.39 Å². The van der Waals surface area contributed by atoms with Gasteiger partial charge in [-0.2, -0.15) is 0 Å². The third kappa shape index (κ3) is 5.44. The summed E-state index contributed by atoms with van der Waals surface area (Å²) >= 11 is 0. The van der Waals surface area contributed by atoms with Crippen LogP contribution in [0.15, 0.2) is 30.4 Å². The van der Waals surface area contributed by atoms with Gasteiger partial charge in [0.05, 0.1) is 5.75 Å². The number of hydrogen-bond acceptors (Lipinski definition) is 1. The van der Waals surface area contributed by atoms with Crippen molar-refractivity contribution in [3.05, 3.63) is 36.2 Å². The van der Waals surface area contributed by atoms with Gasteiger partial charge < -0.3 is 17.7 Å². The van der Waals surface area contributed by atoms with E-state index in [1.165, 1.54) is 0 Å². The number of ether oxygens (including phenoxy) is 1. The maximum absolute atomic E-state index is 12.8. The van der Waals surface area contributed by atoms with Gasteiger partial charge in [0.1, 0.15) is 12.4 Å². The second-order valence-corrected chi connectivity index (χ2v) is 3.65. The number of rotatable bonds is 5. The molecular formula is C11H12BF4KO. The Hall–Kier alpha value is 0.181. The van der Waals surface area contributed by atoms with E-state index in [1.807, 2.05) is 6.92 Å². The molecule has 1 nitrogen and oxygen atoms in total. The maximum atomic E-state index is 12.8. The Morgan fingerprint density at radius 1 is 1.33 bits per heavy atom. The largest absolute Gasteiger partial charge is 1.00 e. The first-order valence-electron chi connectivity index (χ1n) is 5.13. The molecule has 0 unspecified atom stereocenters. The van der Waals surface area contributed by atoms with Crippen LogP contribution in [0.25, 0.3) is 0 Å². The standard InChI is InChI=1S/C11H12BF4O.K/c1-3-8(2)7-17-11-5-4-9(13)6-10(11)12(14,15)16;/h4-6H,2-3,7H2,1H3;/q-1;+1. The van der Waals surface area contributed by atoms with E-state index in [1.54, 1.807) is 0 Å². The van der Waals surface area contributed by atoms with E-state index in [4.69, 9.17) is 4.74 Å². The molecule has 0 saturated heterocycles. The van der Waals surface area contributed by atoms with E-state index in [0.717, 1.165) is 12.1 Å². The van der Waals surface area contributed by atoms with E-state index < -0.39 is 18.3 Å². The van der Waals surface area contributed by atoms with Crippen LogP contribution < -0.4 is 61.6 Å². The quantitative estimate of drug-likeness (QED) is 0.428. The van der Waals surface area contributed by atoms with Crippen molar-refractivity contribution in [3.63, 3.8) is 0 Å². The van der Waals surface area contributed by atoms with Gasteiger partial charge in [-0.3, -0.25) is 0 Å². The first-order valence-corrected chi connectivity index (χ1v) is 5.13. The van der Waals surface area contributed by atoms with Crippen molar-refractivity contribution in [3.8, 4) is 5.75 Å². The Morgan fingerprint density at radius 3 is 2.44 bits per heavy atom. The molecule has 18 heavy (non-hydrogen) atoms. The molecule has 7 heteroatoms. The van der Waals surface area contributed by atoms with E-state index in [2.05, 4.69) is 6.58 Å². The molecule has 0 heterocycles. The first kappa shape index (κ1) is 18.2. The zero-order valence-electron chi connectivity index (χ0n) is 10.4. The summed E-state index contributed by atoms with van der Waals surface area (Å²) in [7, 11) is 0. The number of halogens is 4. The first-order chi connectivity index (χ1) is 7.84. The van der Waals surface area contributed by atoms with Crippen LogP contribution in [-0.2, 0) is 0 Å². The van der Waals surface area contributed by atoms with Crippen LogP contribution in [0, 0.1) is 5.82 Å². The summed E-state index contributed by atoms with van der Waals surface area (Å²) in [6.45, 7) is 0.161. The molecule has 0 aliphatic carbocycles. The molecule has 0 saturated carbocycles. The molecule has 1 aromatic carbocycles. The van der Waals surface area contributed by atoms with Gasteiger partial charge in [-0.05, 0) is 30.2 Å². The smallest absolute Gasteiger partial charge is 0.492 e. The summed E-state index contributed by atoms with van der Waals surface area (Å²) in [5.41, 5.74) is -0.371. The van der Waals surface area contributed by atoms with Crippen molar-refractivity contribution in [2.45, 2.75) is 13.3 Å². The summed E-state index contributed by atoms with van der Waals surface area (Å²) in [5.74, 6) is -1.28. The molecule has 0 bridgehead atoms. The fourth-order valence-electron chi connectivity index (χ4n) is 1.19. The van der Waals surface area contributed by atoms with Crippen LogP contribution in [0.5, 0.6) is 5.75 Å². The maximum Gasteiger partial charge on any atom is 1.00 e. The van der Waals surface area contributed by atoms with Gasteiger partial charge in [-0.1, -0.05) is 19.0 Å². The van der Waals surface area contributed by atoms with Crippen LogP contribution in [0.2, 0.25) is 0 Å². The molecule has 0 aliphatic rings. The minimum atomic E-state index is -5.29. The average molecular weight is 286 g/mol. The normalized spacial score (nSPS) is 10.7. The molecule has 94 valence electrons. The third-order valence-corrected chi connectivity index (χ3v) is 2.26. The van der Waals surface area contributed by atoms with Crippen LogP contribution >= 0.6 is 0 Å². The van der Waals surface area contributed by atoms with Crippen LogP contribution in [0.3, 0.4) is 0 Å². The van der Waals surface area contributed by atoms with E-state index in [0.29, 0.717) is 18.1 Å². The van der Waals surface area contributed by atoms with Gasteiger partial charge in [0, 0.05) is 0 Å². The van der Waals surface area contributed by atoms with Crippen LogP contribution in [-0.4, -0.2) is 13.6 Å². The van der Waals surface area contributed by atoms with Gasteiger partial charge in [0.15, 0.2) is 0 Å². The minimum absolute atomic E-state index is 0. The summed E-state index contributed by atoms with van der Waals surface area (Å²) < 4.78 is 55.7. The van der Waals surface area contributed by atoms with E-state index >= 15 is 0 Å². The monoisotopic (exact) mass is 286 g/mol. The van der Waals surface area contributed by atoms with Crippen molar-refractivity contribution in [2.24, 2.45) is 0 Å². The fraction of sp³-hybridized carbons (Fsp3) is 0.273. The van der Waals surface area contributed by atoms with Crippen molar-refractivity contribution >= 4 is 12.4 Å². The zero-order chi connectivity index (χ0) is 13.1. The molecule has 0 radical (unpaired) electrons. The summed E-state index contributed by atoms with van der Waals surface area (Å²) in [6, 6.07) is 2.38. The van der Waals surface area contributed by atoms with Crippen LogP contribution in [0.4, 0.5) is 17.3 Å². The van der Waals surface area contributed by atoms with Crippen molar-refractivity contribution in [2.75, 3.05) is 6.61 Å². The zero-order valence-corrected chi connectivity index (χ0v) is 13.5. The van der Waals surface area contributed by atoms with Gasteiger partial charge in [0.25, 0.3) is 0 Å². The van der Waals surface area contributed by atoms with Crippen LogP contribution in [0.1, 0.15) is 13.3 Å². The Morgan fingerprint density at radius 2 is 1.94 bits per heavy atom. The molecule has 0 fully saturated rings. The average Bonchev–Trinajstić information content (AvgIpc) is 2.25. The SMILES string of the molecule is C=C(CC)COc1ccc(F)cc1[B-](F)(F)F.[K+]. The second kappa shape index (κ2) is 7.69. The molecule has 1 aromatic rings. The van der Waals surface area contributed by atoms with Gasteiger partial charge in [0.2, 0.25) is 0 Å². The summed E-state index contributed by atoms with van der Waals surface area (Å²) in [6.07, 6.45) is 0.619. The summed E-state index contributed by atoms with van der Waals surface area (Å²) in [4.78, 5) is 0. The van der Waals surface area contributed by atoms with Gasteiger partial charge in [-0.15, -0.1) is 0 Å². The third-order valence-electron chi connectivity index (χ3n) is 2.26.